The third kappa shape index (κ3) is 2.61. The van der Waals surface area contributed by atoms with Crippen LogP contribution in [0, 0.1) is 13.8 Å². The maximum atomic E-state index is 12.5. The summed E-state index contributed by atoms with van der Waals surface area (Å²) in [4.78, 5) is 16.5. The average molecular weight is 292 g/mol. The van der Waals surface area contributed by atoms with Crippen LogP contribution in [0.5, 0.6) is 0 Å². The quantitative estimate of drug-likeness (QED) is 0.806. The van der Waals surface area contributed by atoms with Gasteiger partial charge in [0.05, 0.1) is 22.6 Å². The van der Waals surface area contributed by atoms with Gasteiger partial charge in [-0.3, -0.25) is 9.78 Å². The fourth-order valence-corrected chi connectivity index (χ4v) is 2.42. The molecule has 0 radical (unpaired) electrons. The first-order valence-electron chi connectivity index (χ1n) is 7.00. The van der Waals surface area contributed by atoms with Gasteiger partial charge in [0.1, 0.15) is 0 Å². The Morgan fingerprint density at radius 3 is 2.41 bits per heavy atom. The lowest BCUT2D eigenvalue weighted by Crippen LogP contribution is -2.14. The fraction of sp³-hybridized carbons (Fsp3) is 0.118. The number of nitrogens with zero attached hydrogens (tertiary/aromatic N) is 3. The number of hydrogen-bond donors (Lipinski definition) is 1. The number of benzene rings is 1. The maximum Gasteiger partial charge on any atom is 0.259 e. The number of carbonyl (C=O) groups excluding carboxylic acids is 1. The van der Waals surface area contributed by atoms with Crippen molar-refractivity contribution in [3.05, 3.63) is 71.8 Å². The van der Waals surface area contributed by atoms with E-state index in [1.807, 2.05) is 44.2 Å². The minimum atomic E-state index is -0.164. The molecule has 1 amide bonds. The first kappa shape index (κ1) is 14.0. The van der Waals surface area contributed by atoms with Crippen molar-refractivity contribution in [1.82, 2.24) is 14.8 Å². The topological polar surface area (TPSA) is 59.8 Å². The molecule has 0 saturated heterocycles. The van der Waals surface area contributed by atoms with Crippen molar-refractivity contribution in [2.75, 3.05) is 5.32 Å². The van der Waals surface area contributed by atoms with Crippen LogP contribution >= 0.6 is 0 Å². The molecule has 5 nitrogen and oxygen atoms in total. The number of nitrogens with one attached hydrogen (secondary N) is 1. The van der Waals surface area contributed by atoms with E-state index in [9.17, 15) is 4.79 Å². The zero-order chi connectivity index (χ0) is 15.5. The molecule has 0 aliphatic heterocycles. The molecular formula is C17H16N4O. The number of pyridine rings is 1. The summed E-state index contributed by atoms with van der Waals surface area (Å²) in [6.07, 6.45) is 3.28. The van der Waals surface area contributed by atoms with Gasteiger partial charge in [-0.2, -0.15) is 5.10 Å². The molecule has 1 N–H and O–H groups in total. The predicted molar refractivity (Wildman–Crippen MR) is 85.2 cm³/mol. The zero-order valence-electron chi connectivity index (χ0n) is 12.4. The summed E-state index contributed by atoms with van der Waals surface area (Å²) in [7, 11) is 0. The third-order valence-corrected chi connectivity index (χ3v) is 3.46. The van der Waals surface area contributed by atoms with Gasteiger partial charge < -0.3 is 5.32 Å². The van der Waals surface area contributed by atoms with E-state index in [2.05, 4.69) is 15.4 Å². The molecule has 0 fully saturated rings. The van der Waals surface area contributed by atoms with Crippen LogP contribution < -0.4 is 5.32 Å². The third-order valence-electron chi connectivity index (χ3n) is 3.46. The summed E-state index contributed by atoms with van der Waals surface area (Å²) in [5, 5.41) is 7.36. The van der Waals surface area contributed by atoms with Crippen LogP contribution in [0.3, 0.4) is 0 Å². The van der Waals surface area contributed by atoms with Crippen LogP contribution in [-0.4, -0.2) is 20.7 Å². The highest BCUT2D eigenvalue weighted by molar-refractivity contribution is 6.05. The Morgan fingerprint density at radius 1 is 1.05 bits per heavy atom. The molecule has 22 heavy (non-hydrogen) atoms. The molecule has 0 unspecified atom stereocenters. The molecule has 0 spiro atoms. The van der Waals surface area contributed by atoms with Crippen molar-refractivity contribution in [3.63, 3.8) is 0 Å². The van der Waals surface area contributed by atoms with Gasteiger partial charge in [-0.1, -0.05) is 18.2 Å². The van der Waals surface area contributed by atoms with E-state index in [0.29, 0.717) is 16.9 Å². The Bertz CT molecular complexity index is 794. The van der Waals surface area contributed by atoms with Crippen molar-refractivity contribution in [3.8, 4) is 5.69 Å². The summed E-state index contributed by atoms with van der Waals surface area (Å²) in [6.45, 7) is 3.74. The van der Waals surface area contributed by atoms with Crippen molar-refractivity contribution in [1.29, 1.82) is 0 Å². The lowest BCUT2D eigenvalue weighted by Gasteiger charge is -2.06. The minimum Gasteiger partial charge on any atom is -0.322 e. The summed E-state index contributed by atoms with van der Waals surface area (Å²) < 4.78 is 1.79. The Kier molecular flexibility index (Phi) is 3.70. The normalized spacial score (nSPS) is 10.5. The van der Waals surface area contributed by atoms with E-state index in [-0.39, 0.29) is 5.91 Å². The first-order chi connectivity index (χ1) is 10.7. The molecule has 3 aromatic rings. The van der Waals surface area contributed by atoms with Gasteiger partial charge in [-0.15, -0.1) is 0 Å². The first-order valence-corrected chi connectivity index (χ1v) is 7.00. The number of anilines is 1. The van der Waals surface area contributed by atoms with Gasteiger partial charge in [0.15, 0.2) is 0 Å². The molecule has 1 aromatic carbocycles. The lowest BCUT2D eigenvalue weighted by atomic mass is 10.1. The summed E-state index contributed by atoms with van der Waals surface area (Å²) >= 11 is 0. The zero-order valence-corrected chi connectivity index (χ0v) is 12.4. The van der Waals surface area contributed by atoms with Crippen LogP contribution in [0.4, 0.5) is 5.69 Å². The molecular weight excluding hydrogens is 276 g/mol. The molecule has 3 rings (SSSR count). The van der Waals surface area contributed by atoms with Gasteiger partial charge >= 0.3 is 0 Å². The number of rotatable bonds is 3. The Hall–Kier alpha value is -2.95. The van der Waals surface area contributed by atoms with E-state index in [4.69, 9.17) is 0 Å². The fourth-order valence-electron chi connectivity index (χ4n) is 2.42. The molecule has 2 heterocycles. The molecule has 5 heteroatoms. The monoisotopic (exact) mass is 292 g/mol. The molecule has 0 aliphatic carbocycles. The average Bonchev–Trinajstić information content (AvgIpc) is 2.84. The smallest absolute Gasteiger partial charge is 0.259 e. The van der Waals surface area contributed by atoms with E-state index >= 15 is 0 Å². The molecule has 2 aromatic heterocycles. The minimum absolute atomic E-state index is 0.164. The Morgan fingerprint density at radius 2 is 1.73 bits per heavy atom. The highest BCUT2D eigenvalue weighted by Crippen LogP contribution is 2.19. The summed E-state index contributed by atoms with van der Waals surface area (Å²) in [5.74, 6) is -0.164. The number of aryl methyl sites for hydroxylation is 1. The lowest BCUT2D eigenvalue weighted by molar-refractivity contribution is 0.102. The van der Waals surface area contributed by atoms with Gasteiger partial charge in [0.25, 0.3) is 5.91 Å². The Balaban J connectivity index is 1.95. The molecule has 0 bridgehead atoms. The highest BCUT2D eigenvalue weighted by Gasteiger charge is 2.19. The van der Waals surface area contributed by atoms with E-state index < -0.39 is 0 Å². The summed E-state index contributed by atoms with van der Waals surface area (Å²) in [6, 6.07) is 13.3. The molecule has 0 atom stereocenters. The standard InChI is InChI=1S/C17H16N4O/c1-12-16(17(22)19-14-8-10-18-11-9-14)13(2)21(20-12)15-6-4-3-5-7-15/h3-11H,1-2H3,(H,18,19,22). The molecule has 0 aliphatic rings. The second-order valence-electron chi connectivity index (χ2n) is 4.98. The van der Waals surface area contributed by atoms with Gasteiger partial charge in [0.2, 0.25) is 0 Å². The highest BCUT2D eigenvalue weighted by atomic mass is 16.1. The van der Waals surface area contributed by atoms with E-state index in [0.717, 1.165) is 11.4 Å². The predicted octanol–water partition coefficient (Wildman–Crippen LogP) is 3.14. The van der Waals surface area contributed by atoms with Crippen molar-refractivity contribution >= 4 is 11.6 Å². The molecule has 110 valence electrons. The Labute approximate surface area is 128 Å². The number of aromatic nitrogens is 3. The van der Waals surface area contributed by atoms with Crippen LogP contribution in [0.15, 0.2) is 54.9 Å². The number of carbonyl (C=O) groups is 1. The number of hydrogen-bond acceptors (Lipinski definition) is 3. The van der Waals surface area contributed by atoms with Crippen LogP contribution in [0.2, 0.25) is 0 Å². The number of amides is 1. The van der Waals surface area contributed by atoms with E-state index in [1.54, 1.807) is 29.2 Å². The van der Waals surface area contributed by atoms with Gasteiger partial charge in [0, 0.05) is 18.1 Å². The largest absolute Gasteiger partial charge is 0.322 e. The van der Waals surface area contributed by atoms with Crippen LogP contribution in [-0.2, 0) is 0 Å². The summed E-state index contributed by atoms with van der Waals surface area (Å²) in [5.41, 5.74) is 3.76. The van der Waals surface area contributed by atoms with E-state index in [1.165, 1.54) is 0 Å². The van der Waals surface area contributed by atoms with Crippen LogP contribution in [0.25, 0.3) is 5.69 Å². The van der Waals surface area contributed by atoms with Crippen LogP contribution in [0.1, 0.15) is 21.7 Å². The van der Waals surface area contributed by atoms with Gasteiger partial charge in [-0.25, -0.2) is 4.68 Å². The SMILES string of the molecule is Cc1nn(-c2ccccc2)c(C)c1C(=O)Nc1ccncc1. The maximum absolute atomic E-state index is 12.5. The molecule has 0 saturated carbocycles. The second kappa shape index (κ2) is 5.81. The van der Waals surface area contributed by atoms with Crippen molar-refractivity contribution < 1.29 is 4.79 Å². The number of para-hydroxylation sites is 1. The van der Waals surface area contributed by atoms with Crippen molar-refractivity contribution in [2.45, 2.75) is 13.8 Å². The van der Waals surface area contributed by atoms with Gasteiger partial charge in [-0.05, 0) is 38.1 Å². The van der Waals surface area contributed by atoms with Crippen molar-refractivity contribution in [2.24, 2.45) is 0 Å². The second-order valence-corrected chi connectivity index (χ2v) is 4.98.